The SMILES string of the molecule is COc1ccccc1-n1nc(C(=O)Nc2cc(C)ccc2O)c(O)cc1=O. The Kier molecular flexibility index (Phi) is 4.80. The Morgan fingerprint density at radius 3 is 2.59 bits per heavy atom. The van der Waals surface area contributed by atoms with Crippen molar-refractivity contribution < 1.29 is 19.7 Å². The molecule has 0 aliphatic heterocycles. The summed E-state index contributed by atoms with van der Waals surface area (Å²) in [7, 11) is 1.44. The number of hydrogen-bond acceptors (Lipinski definition) is 6. The van der Waals surface area contributed by atoms with Gasteiger partial charge >= 0.3 is 0 Å². The van der Waals surface area contributed by atoms with E-state index in [9.17, 15) is 19.8 Å². The molecule has 8 heteroatoms. The molecular formula is C19H17N3O5. The van der Waals surface area contributed by atoms with E-state index in [1.807, 2.05) is 0 Å². The van der Waals surface area contributed by atoms with Gasteiger partial charge in [-0.2, -0.15) is 9.78 Å². The van der Waals surface area contributed by atoms with Crippen molar-refractivity contribution >= 4 is 11.6 Å². The van der Waals surface area contributed by atoms with E-state index in [0.717, 1.165) is 16.3 Å². The quantitative estimate of drug-likeness (QED) is 0.609. The van der Waals surface area contributed by atoms with Gasteiger partial charge in [0.05, 0.1) is 12.8 Å². The Balaban J connectivity index is 2.05. The standard InChI is InChI=1S/C19H17N3O5/c1-11-7-8-14(23)12(9-11)20-19(26)18-15(24)10-17(25)22(21-18)13-5-3-4-6-16(13)27-2/h3-10,23-24H,1-2H3,(H,20,26). The van der Waals surface area contributed by atoms with Crippen LogP contribution in [0.4, 0.5) is 5.69 Å². The molecule has 0 atom stereocenters. The average molecular weight is 367 g/mol. The second-order valence-electron chi connectivity index (χ2n) is 5.77. The maximum Gasteiger partial charge on any atom is 0.280 e. The molecule has 0 unspecified atom stereocenters. The molecule has 3 rings (SSSR count). The van der Waals surface area contributed by atoms with Crippen LogP contribution in [0.25, 0.3) is 5.69 Å². The molecule has 1 aromatic heterocycles. The minimum atomic E-state index is -0.781. The molecule has 3 N–H and O–H groups in total. The van der Waals surface area contributed by atoms with Gasteiger partial charge < -0.3 is 20.3 Å². The Hall–Kier alpha value is -3.81. The van der Waals surface area contributed by atoms with Crippen molar-refractivity contribution in [3.8, 4) is 22.9 Å². The summed E-state index contributed by atoms with van der Waals surface area (Å²) >= 11 is 0. The van der Waals surface area contributed by atoms with Crippen LogP contribution in [0.5, 0.6) is 17.2 Å². The van der Waals surface area contributed by atoms with Crippen LogP contribution < -0.4 is 15.6 Å². The number of phenols is 1. The third kappa shape index (κ3) is 3.59. The normalized spacial score (nSPS) is 10.4. The molecule has 138 valence electrons. The number of carbonyl (C=O) groups is 1. The van der Waals surface area contributed by atoms with Crippen molar-refractivity contribution in [2.45, 2.75) is 6.92 Å². The highest BCUT2D eigenvalue weighted by atomic mass is 16.5. The number of carbonyl (C=O) groups excluding carboxylic acids is 1. The monoisotopic (exact) mass is 367 g/mol. The number of anilines is 1. The molecule has 0 saturated carbocycles. The van der Waals surface area contributed by atoms with E-state index in [0.29, 0.717) is 11.4 Å². The summed E-state index contributed by atoms with van der Waals surface area (Å²) in [6, 6.07) is 12.2. The number of phenolic OH excluding ortho intramolecular Hbond substituents is 1. The number of aromatic nitrogens is 2. The number of aromatic hydroxyl groups is 2. The number of para-hydroxylation sites is 2. The predicted molar refractivity (Wildman–Crippen MR) is 98.8 cm³/mol. The lowest BCUT2D eigenvalue weighted by Crippen LogP contribution is -2.25. The zero-order chi connectivity index (χ0) is 19.6. The molecule has 0 radical (unpaired) electrons. The van der Waals surface area contributed by atoms with Crippen LogP contribution in [-0.4, -0.2) is 33.0 Å². The Bertz CT molecular complexity index is 1080. The first kappa shape index (κ1) is 18.0. The van der Waals surface area contributed by atoms with Crippen molar-refractivity contribution in [3.05, 3.63) is 70.1 Å². The predicted octanol–water partition coefficient (Wildman–Crippen LogP) is 2.21. The average Bonchev–Trinajstić information content (AvgIpc) is 2.64. The number of methoxy groups -OCH3 is 1. The summed E-state index contributed by atoms with van der Waals surface area (Å²) in [5.74, 6) is -1.11. The molecule has 8 nitrogen and oxygen atoms in total. The zero-order valence-corrected chi connectivity index (χ0v) is 14.6. The fourth-order valence-electron chi connectivity index (χ4n) is 2.52. The topological polar surface area (TPSA) is 114 Å². The van der Waals surface area contributed by atoms with E-state index in [2.05, 4.69) is 10.4 Å². The lowest BCUT2D eigenvalue weighted by molar-refractivity contribution is 0.101. The summed E-state index contributed by atoms with van der Waals surface area (Å²) in [5, 5.41) is 26.4. The minimum Gasteiger partial charge on any atom is -0.506 e. The number of hydrogen-bond donors (Lipinski definition) is 3. The number of ether oxygens (including phenoxy) is 1. The second-order valence-corrected chi connectivity index (χ2v) is 5.77. The molecule has 3 aromatic rings. The molecule has 2 aromatic carbocycles. The maximum atomic E-state index is 12.6. The molecular weight excluding hydrogens is 350 g/mol. The van der Waals surface area contributed by atoms with Crippen LogP contribution in [-0.2, 0) is 0 Å². The van der Waals surface area contributed by atoms with Gasteiger partial charge in [-0.1, -0.05) is 18.2 Å². The summed E-state index contributed by atoms with van der Waals surface area (Å²) < 4.78 is 6.18. The van der Waals surface area contributed by atoms with Crippen LogP contribution in [0, 0.1) is 6.92 Å². The first-order valence-electron chi connectivity index (χ1n) is 7.98. The van der Waals surface area contributed by atoms with Crippen LogP contribution in [0.3, 0.4) is 0 Å². The third-order valence-electron chi connectivity index (χ3n) is 3.84. The van der Waals surface area contributed by atoms with Crippen LogP contribution in [0.2, 0.25) is 0 Å². The van der Waals surface area contributed by atoms with Crippen LogP contribution >= 0.6 is 0 Å². The summed E-state index contributed by atoms with van der Waals surface area (Å²) in [4.78, 5) is 24.8. The van der Waals surface area contributed by atoms with Gasteiger partial charge in [0.1, 0.15) is 17.2 Å². The number of benzene rings is 2. The highest BCUT2D eigenvalue weighted by molar-refractivity contribution is 6.05. The van der Waals surface area contributed by atoms with Gasteiger partial charge in [0.15, 0.2) is 11.4 Å². The van der Waals surface area contributed by atoms with Gasteiger partial charge in [-0.15, -0.1) is 0 Å². The summed E-state index contributed by atoms with van der Waals surface area (Å²) in [6.07, 6.45) is 0. The highest BCUT2D eigenvalue weighted by Crippen LogP contribution is 2.26. The minimum absolute atomic E-state index is 0.133. The largest absolute Gasteiger partial charge is 0.506 e. The van der Waals surface area contributed by atoms with Gasteiger partial charge in [-0.3, -0.25) is 9.59 Å². The van der Waals surface area contributed by atoms with E-state index in [4.69, 9.17) is 4.74 Å². The van der Waals surface area contributed by atoms with Gasteiger partial charge in [0.25, 0.3) is 11.5 Å². The Labute approximate surface area is 154 Å². The fourth-order valence-corrected chi connectivity index (χ4v) is 2.52. The molecule has 0 fully saturated rings. The van der Waals surface area contributed by atoms with E-state index in [1.54, 1.807) is 43.3 Å². The second kappa shape index (κ2) is 7.20. The van der Waals surface area contributed by atoms with Gasteiger partial charge in [-0.25, -0.2) is 0 Å². The van der Waals surface area contributed by atoms with Crippen molar-refractivity contribution in [2.24, 2.45) is 0 Å². The number of rotatable bonds is 4. The van der Waals surface area contributed by atoms with Crippen molar-refractivity contribution in [2.75, 3.05) is 12.4 Å². The van der Waals surface area contributed by atoms with Crippen molar-refractivity contribution in [3.63, 3.8) is 0 Å². The molecule has 0 spiro atoms. The smallest absolute Gasteiger partial charge is 0.280 e. The lowest BCUT2D eigenvalue weighted by Gasteiger charge is -2.12. The summed E-state index contributed by atoms with van der Waals surface area (Å²) in [5.41, 5.74) is 0.293. The highest BCUT2D eigenvalue weighted by Gasteiger charge is 2.19. The molecule has 1 amide bonds. The molecule has 0 aliphatic rings. The van der Waals surface area contributed by atoms with Gasteiger partial charge in [0, 0.05) is 6.07 Å². The van der Waals surface area contributed by atoms with Crippen molar-refractivity contribution in [1.82, 2.24) is 9.78 Å². The number of nitrogens with one attached hydrogen (secondary N) is 1. The number of aryl methyl sites for hydroxylation is 1. The number of amides is 1. The molecule has 0 bridgehead atoms. The molecule has 27 heavy (non-hydrogen) atoms. The molecule has 0 aliphatic carbocycles. The number of nitrogens with zero attached hydrogens (tertiary/aromatic N) is 2. The van der Waals surface area contributed by atoms with Crippen LogP contribution in [0.15, 0.2) is 53.3 Å². The summed E-state index contributed by atoms with van der Waals surface area (Å²) in [6.45, 7) is 1.80. The maximum absolute atomic E-state index is 12.6. The Morgan fingerprint density at radius 1 is 1.11 bits per heavy atom. The van der Waals surface area contributed by atoms with Gasteiger partial charge in [-0.05, 0) is 36.8 Å². The zero-order valence-electron chi connectivity index (χ0n) is 14.6. The fraction of sp³-hybridized carbons (Fsp3) is 0.105. The first-order valence-corrected chi connectivity index (χ1v) is 7.98. The van der Waals surface area contributed by atoms with Crippen LogP contribution in [0.1, 0.15) is 16.1 Å². The first-order chi connectivity index (χ1) is 12.9. The van der Waals surface area contributed by atoms with E-state index in [1.165, 1.54) is 13.2 Å². The third-order valence-corrected chi connectivity index (χ3v) is 3.84. The van der Waals surface area contributed by atoms with Gasteiger partial charge in [0.2, 0.25) is 0 Å². The van der Waals surface area contributed by atoms with E-state index < -0.39 is 17.2 Å². The lowest BCUT2D eigenvalue weighted by atomic mass is 10.2. The van der Waals surface area contributed by atoms with Crippen molar-refractivity contribution in [1.29, 1.82) is 0 Å². The van der Waals surface area contributed by atoms with E-state index in [-0.39, 0.29) is 17.1 Å². The van der Waals surface area contributed by atoms with E-state index >= 15 is 0 Å². The Morgan fingerprint density at radius 2 is 1.85 bits per heavy atom. The molecule has 1 heterocycles. The molecule has 0 saturated heterocycles.